The summed E-state index contributed by atoms with van der Waals surface area (Å²) in [7, 11) is 4.44. The number of nitrogens with zero attached hydrogens (tertiary/aromatic N) is 1. The molecule has 4 N–H and O–H groups in total. The van der Waals surface area contributed by atoms with Crippen LogP contribution in [0.5, 0.6) is 5.75 Å². The van der Waals surface area contributed by atoms with Crippen molar-refractivity contribution in [1.82, 2.24) is 21.3 Å². The molecule has 236 valence electrons. The zero-order valence-corrected chi connectivity index (χ0v) is 26.5. The van der Waals surface area contributed by atoms with E-state index in [-0.39, 0.29) is 50.5 Å². The zero-order valence-electron chi connectivity index (χ0n) is 26.5. The normalized spacial score (nSPS) is 11.8. The third kappa shape index (κ3) is 13.9. The third-order valence-electron chi connectivity index (χ3n) is 5.44. The molecule has 12 heteroatoms. The summed E-state index contributed by atoms with van der Waals surface area (Å²) in [6.45, 7) is 12.0. The van der Waals surface area contributed by atoms with E-state index in [1.165, 1.54) is 33.3 Å². The number of carbonyl (C=O) groups excluding carboxylic acids is 6. The van der Waals surface area contributed by atoms with Gasteiger partial charge in [-0.3, -0.25) is 28.8 Å². The molecule has 42 heavy (non-hydrogen) atoms. The van der Waals surface area contributed by atoms with Gasteiger partial charge in [0.2, 0.25) is 23.6 Å². The zero-order chi connectivity index (χ0) is 32.7. The molecule has 0 saturated carbocycles. The van der Waals surface area contributed by atoms with Gasteiger partial charge in [-0.15, -0.1) is 0 Å². The number of hydrogen-bond donors (Lipinski definition) is 4. The van der Waals surface area contributed by atoms with Gasteiger partial charge in [0.15, 0.2) is 0 Å². The van der Waals surface area contributed by atoms with Gasteiger partial charge in [0, 0.05) is 46.1 Å². The van der Waals surface area contributed by atoms with E-state index >= 15 is 0 Å². The Morgan fingerprint density at radius 2 is 1.31 bits per heavy atom. The number of anilines is 1. The van der Waals surface area contributed by atoms with E-state index in [9.17, 15) is 28.8 Å². The van der Waals surface area contributed by atoms with Gasteiger partial charge in [0.25, 0.3) is 11.8 Å². The Bertz CT molecular complexity index is 1040. The van der Waals surface area contributed by atoms with Gasteiger partial charge in [-0.25, -0.2) is 4.90 Å². The largest absolute Gasteiger partial charge is 0.493 e. The van der Waals surface area contributed by atoms with Gasteiger partial charge in [-0.05, 0) is 36.6 Å². The summed E-state index contributed by atoms with van der Waals surface area (Å²) in [5, 5.41) is 10.1. The Hall–Kier alpha value is -4.22. The lowest BCUT2D eigenvalue weighted by atomic mass is 10.1. The molecule has 0 aromatic heterocycles. The number of amides is 6. The van der Waals surface area contributed by atoms with Crippen LogP contribution in [0.3, 0.4) is 0 Å². The molecule has 1 aliphatic rings. The van der Waals surface area contributed by atoms with Crippen molar-refractivity contribution < 1.29 is 33.5 Å². The molecule has 0 fully saturated rings. The second-order valence-electron chi connectivity index (χ2n) is 7.86. The Labute approximate surface area is 250 Å². The number of ether oxygens (including phenoxy) is 1. The first-order valence-corrected chi connectivity index (χ1v) is 14.4. The van der Waals surface area contributed by atoms with E-state index < -0.39 is 29.7 Å². The van der Waals surface area contributed by atoms with Crippen molar-refractivity contribution in [2.45, 2.75) is 79.7 Å². The number of rotatable bonds is 13. The van der Waals surface area contributed by atoms with Gasteiger partial charge in [0.05, 0.1) is 18.7 Å². The first-order chi connectivity index (χ1) is 20.2. The standard InChI is InChI=1S/C24H31N5O7.3C2H6/c1-25-19(30)8-4-15-14-16(29-22(33)10-11-23(29)34)5-7-18(15)36-13-12-21(32)28-17(24(35)27-3)6-9-20(31)26-2;3*1-2/h5,7,10-11,14,17H,4,6,8-9,12-13H2,1-3H3,(H,25,30)(H,26,31)(H,27,35)(H,28,32);3*1-2H3. The van der Waals surface area contributed by atoms with Crippen molar-refractivity contribution in [1.29, 1.82) is 0 Å². The number of benzene rings is 1. The van der Waals surface area contributed by atoms with Crippen LogP contribution >= 0.6 is 0 Å². The maximum atomic E-state index is 12.4. The van der Waals surface area contributed by atoms with Crippen molar-refractivity contribution in [2.24, 2.45) is 0 Å². The number of likely N-dealkylation sites (N-methyl/N-ethyl adjacent to an activating group) is 1. The first-order valence-electron chi connectivity index (χ1n) is 14.4. The van der Waals surface area contributed by atoms with Crippen LogP contribution in [0.15, 0.2) is 30.4 Å². The summed E-state index contributed by atoms with van der Waals surface area (Å²) < 4.78 is 5.77. The summed E-state index contributed by atoms with van der Waals surface area (Å²) in [6, 6.07) is 3.84. The third-order valence-corrected chi connectivity index (χ3v) is 5.44. The molecule has 0 radical (unpaired) electrons. The molecule has 1 atom stereocenters. The van der Waals surface area contributed by atoms with E-state index in [1.54, 1.807) is 18.2 Å². The molecule has 0 spiro atoms. The molecule has 12 nitrogen and oxygen atoms in total. The molecule has 1 aliphatic heterocycles. The molecule has 1 unspecified atom stereocenters. The lowest BCUT2D eigenvalue weighted by molar-refractivity contribution is -0.129. The van der Waals surface area contributed by atoms with Crippen LogP contribution in [0.1, 0.15) is 72.8 Å². The van der Waals surface area contributed by atoms with Crippen molar-refractivity contribution >= 4 is 41.1 Å². The van der Waals surface area contributed by atoms with E-state index in [2.05, 4.69) is 21.3 Å². The molecule has 1 aromatic rings. The number of hydrogen-bond acceptors (Lipinski definition) is 7. The van der Waals surface area contributed by atoms with Crippen molar-refractivity contribution in [3.8, 4) is 5.75 Å². The lowest BCUT2D eigenvalue weighted by Gasteiger charge is -2.19. The van der Waals surface area contributed by atoms with Gasteiger partial charge < -0.3 is 26.0 Å². The summed E-state index contributed by atoms with van der Waals surface area (Å²) in [5.74, 6) is -1.84. The molecule has 0 bridgehead atoms. The van der Waals surface area contributed by atoms with Crippen LogP contribution in [0.2, 0.25) is 0 Å². The highest BCUT2D eigenvalue weighted by atomic mass is 16.5. The number of aryl methyl sites for hydroxylation is 1. The average Bonchev–Trinajstić information content (AvgIpc) is 3.37. The number of carbonyl (C=O) groups is 6. The van der Waals surface area contributed by atoms with Crippen molar-refractivity contribution in [3.05, 3.63) is 35.9 Å². The van der Waals surface area contributed by atoms with Gasteiger partial charge >= 0.3 is 0 Å². The molecule has 0 saturated heterocycles. The van der Waals surface area contributed by atoms with Gasteiger partial charge in [-0.1, -0.05) is 41.5 Å². The highest BCUT2D eigenvalue weighted by Crippen LogP contribution is 2.28. The molecule has 1 heterocycles. The van der Waals surface area contributed by atoms with E-state index in [1.807, 2.05) is 41.5 Å². The minimum Gasteiger partial charge on any atom is -0.493 e. The molecular weight excluding hydrogens is 542 g/mol. The first kappa shape index (κ1) is 39.9. The smallest absolute Gasteiger partial charge is 0.258 e. The van der Waals surface area contributed by atoms with Crippen LogP contribution in [0, 0.1) is 0 Å². The summed E-state index contributed by atoms with van der Waals surface area (Å²) in [5.41, 5.74) is 0.925. The van der Waals surface area contributed by atoms with Crippen LogP contribution in [0.4, 0.5) is 5.69 Å². The second-order valence-corrected chi connectivity index (χ2v) is 7.86. The minimum atomic E-state index is -0.869. The van der Waals surface area contributed by atoms with Crippen LogP contribution in [0.25, 0.3) is 0 Å². The number of imide groups is 1. The highest BCUT2D eigenvalue weighted by Gasteiger charge is 2.26. The summed E-state index contributed by atoms with van der Waals surface area (Å²) >= 11 is 0. The maximum absolute atomic E-state index is 12.4. The maximum Gasteiger partial charge on any atom is 0.258 e. The Morgan fingerprint density at radius 3 is 1.83 bits per heavy atom. The molecule has 6 amide bonds. The fourth-order valence-electron chi connectivity index (χ4n) is 3.43. The van der Waals surface area contributed by atoms with Crippen LogP contribution in [-0.2, 0) is 35.2 Å². The molecule has 0 aliphatic carbocycles. The predicted molar refractivity (Wildman–Crippen MR) is 164 cm³/mol. The fraction of sp³-hybridized carbons (Fsp3) is 0.533. The predicted octanol–water partition coefficient (Wildman–Crippen LogP) is 2.40. The molecular formula is C30H49N5O7. The topological polar surface area (TPSA) is 163 Å². The molecule has 1 aromatic carbocycles. The van der Waals surface area contributed by atoms with E-state index in [0.29, 0.717) is 17.0 Å². The molecule has 2 rings (SSSR count). The van der Waals surface area contributed by atoms with E-state index in [4.69, 9.17) is 4.74 Å². The monoisotopic (exact) mass is 591 g/mol. The average molecular weight is 592 g/mol. The highest BCUT2D eigenvalue weighted by molar-refractivity contribution is 6.28. The summed E-state index contributed by atoms with van der Waals surface area (Å²) in [6.07, 6.45) is 2.92. The van der Waals surface area contributed by atoms with E-state index in [0.717, 1.165) is 4.90 Å². The summed E-state index contributed by atoms with van der Waals surface area (Å²) in [4.78, 5) is 72.8. The minimum absolute atomic E-state index is 0.0306. The SMILES string of the molecule is CC.CC.CC.CNC(=O)CCc1cc(N2C(=O)C=CC2=O)ccc1OCCC(=O)NC(CCC(=O)NC)C(=O)NC. The Balaban J connectivity index is 0. The van der Waals surface area contributed by atoms with Crippen molar-refractivity contribution in [2.75, 3.05) is 32.6 Å². The van der Waals surface area contributed by atoms with Crippen molar-refractivity contribution in [3.63, 3.8) is 0 Å². The van der Waals surface area contributed by atoms with Gasteiger partial charge in [-0.2, -0.15) is 0 Å². The van der Waals surface area contributed by atoms with Crippen LogP contribution < -0.4 is 30.9 Å². The Kier molecular flexibility index (Phi) is 22.3. The second kappa shape index (κ2) is 23.5. The lowest BCUT2D eigenvalue weighted by Crippen LogP contribution is -2.46. The van der Waals surface area contributed by atoms with Crippen LogP contribution in [-0.4, -0.2) is 69.2 Å². The Morgan fingerprint density at radius 1 is 0.762 bits per heavy atom. The fourth-order valence-corrected chi connectivity index (χ4v) is 3.43. The number of nitrogens with one attached hydrogen (secondary N) is 4. The van der Waals surface area contributed by atoms with Gasteiger partial charge in [0.1, 0.15) is 11.8 Å². The quantitative estimate of drug-likeness (QED) is 0.256.